The lowest BCUT2D eigenvalue weighted by Crippen LogP contribution is -2.01. The van der Waals surface area contributed by atoms with Crippen molar-refractivity contribution in [2.75, 3.05) is 0 Å². The zero-order chi connectivity index (χ0) is 12.6. The van der Waals surface area contributed by atoms with Gasteiger partial charge in [0.05, 0.1) is 5.56 Å². The Morgan fingerprint density at radius 1 is 1.18 bits per heavy atom. The normalized spacial score (nSPS) is 10.6. The van der Waals surface area contributed by atoms with Crippen molar-refractivity contribution >= 4 is 17.4 Å². The Morgan fingerprint density at radius 2 is 1.88 bits per heavy atom. The van der Waals surface area contributed by atoms with Crippen molar-refractivity contribution < 1.29 is 9.21 Å². The largest absolute Gasteiger partial charge is 0.466 e. The third kappa shape index (κ3) is 2.27. The van der Waals surface area contributed by atoms with Crippen LogP contribution in [0.3, 0.4) is 0 Å². The van der Waals surface area contributed by atoms with Gasteiger partial charge >= 0.3 is 0 Å². The smallest absolute Gasteiger partial charge is 0.196 e. The number of carbonyl (C=O) groups is 1. The summed E-state index contributed by atoms with van der Waals surface area (Å²) in [6.07, 6.45) is 0. The minimum Gasteiger partial charge on any atom is -0.466 e. The van der Waals surface area contributed by atoms with E-state index >= 15 is 0 Å². The van der Waals surface area contributed by atoms with Gasteiger partial charge in [-0.3, -0.25) is 4.79 Å². The van der Waals surface area contributed by atoms with Crippen molar-refractivity contribution in [1.82, 2.24) is 0 Å². The van der Waals surface area contributed by atoms with Gasteiger partial charge in [-0.25, -0.2) is 0 Å². The standard InChI is InChI=1S/C14H13ClO2/c1-8-4-5-11(7-13(8)15)14(16)12-6-9(2)17-10(12)3/h4-7H,1-3H3. The molecule has 17 heavy (non-hydrogen) atoms. The lowest BCUT2D eigenvalue weighted by molar-refractivity contribution is 0.103. The van der Waals surface area contributed by atoms with Crippen LogP contribution < -0.4 is 0 Å². The van der Waals surface area contributed by atoms with Gasteiger partial charge in [0.15, 0.2) is 5.78 Å². The van der Waals surface area contributed by atoms with Gasteiger partial charge in [-0.1, -0.05) is 23.7 Å². The zero-order valence-electron chi connectivity index (χ0n) is 10.0. The molecule has 0 radical (unpaired) electrons. The lowest BCUT2D eigenvalue weighted by Gasteiger charge is -2.02. The van der Waals surface area contributed by atoms with E-state index in [-0.39, 0.29) is 5.78 Å². The van der Waals surface area contributed by atoms with Crippen LogP contribution in [0, 0.1) is 20.8 Å². The third-order valence-electron chi connectivity index (χ3n) is 2.72. The van der Waals surface area contributed by atoms with Crippen molar-refractivity contribution in [3.05, 3.63) is 57.5 Å². The summed E-state index contributed by atoms with van der Waals surface area (Å²) in [5, 5.41) is 0.605. The van der Waals surface area contributed by atoms with Gasteiger partial charge in [-0.15, -0.1) is 0 Å². The van der Waals surface area contributed by atoms with Gasteiger partial charge in [-0.05, 0) is 38.5 Å². The molecule has 0 unspecified atom stereocenters. The monoisotopic (exact) mass is 248 g/mol. The van der Waals surface area contributed by atoms with Gasteiger partial charge < -0.3 is 4.42 Å². The van der Waals surface area contributed by atoms with Crippen molar-refractivity contribution in [2.24, 2.45) is 0 Å². The molecule has 0 N–H and O–H groups in total. The summed E-state index contributed by atoms with van der Waals surface area (Å²) in [4.78, 5) is 12.2. The van der Waals surface area contributed by atoms with Gasteiger partial charge in [0.2, 0.25) is 0 Å². The molecule has 0 atom stereocenters. The van der Waals surface area contributed by atoms with Crippen molar-refractivity contribution in [2.45, 2.75) is 20.8 Å². The quantitative estimate of drug-likeness (QED) is 0.750. The maximum absolute atomic E-state index is 12.2. The highest BCUT2D eigenvalue weighted by atomic mass is 35.5. The highest BCUT2D eigenvalue weighted by Gasteiger charge is 2.16. The summed E-state index contributed by atoms with van der Waals surface area (Å²) in [5.74, 6) is 1.33. The number of halogens is 1. The first kappa shape index (κ1) is 11.9. The van der Waals surface area contributed by atoms with E-state index < -0.39 is 0 Å². The topological polar surface area (TPSA) is 30.2 Å². The minimum atomic E-state index is -0.0544. The molecule has 2 rings (SSSR count). The van der Waals surface area contributed by atoms with E-state index in [1.54, 1.807) is 25.1 Å². The summed E-state index contributed by atoms with van der Waals surface area (Å²) >= 11 is 6.01. The molecule has 1 heterocycles. The molecular weight excluding hydrogens is 236 g/mol. The number of hydrogen-bond acceptors (Lipinski definition) is 2. The second-order valence-electron chi connectivity index (χ2n) is 4.12. The third-order valence-corrected chi connectivity index (χ3v) is 3.13. The van der Waals surface area contributed by atoms with E-state index in [1.807, 2.05) is 19.9 Å². The first-order chi connectivity index (χ1) is 7.99. The predicted molar refractivity (Wildman–Crippen MR) is 67.8 cm³/mol. The molecule has 2 nitrogen and oxygen atoms in total. The predicted octanol–water partition coefficient (Wildman–Crippen LogP) is 4.09. The van der Waals surface area contributed by atoms with Crippen molar-refractivity contribution in [3.63, 3.8) is 0 Å². The Bertz CT molecular complexity index is 582. The van der Waals surface area contributed by atoms with Crippen LogP contribution in [-0.2, 0) is 0 Å². The Kier molecular flexibility index (Phi) is 3.07. The molecule has 0 saturated carbocycles. The molecule has 0 aliphatic rings. The van der Waals surface area contributed by atoms with Crippen LogP contribution in [0.2, 0.25) is 5.02 Å². The summed E-state index contributed by atoms with van der Waals surface area (Å²) < 4.78 is 5.36. The fourth-order valence-corrected chi connectivity index (χ4v) is 1.93. The molecule has 0 spiro atoms. The van der Waals surface area contributed by atoms with Crippen molar-refractivity contribution in [1.29, 1.82) is 0 Å². The summed E-state index contributed by atoms with van der Waals surface area (Å²) in [6.45, 7) is 5.52. The van der Waals surface area contributed by atoms with Crippen LogP contribution in [0.1, 0.15) is 33.0 Å². The molecule has 1 aromatic carbocycles. The van der Waals surface area contributed by atoms with Crippen LogP contribution in [0.15, 0.2) is 28.7 Å². The Morgan fingerprint density at radius 3 is 2.41 bits per heavy atom. The van der Waals surface area contributed by atoms with E-state index in [9.17, 15) is 4.79 Å². The number of carbonyl (C=O) groups excluding carboxylic acids is 1. The molecule has 88 valence electrons. The minimum absolute atomic E-state index is 0.0544. The van der Waals surface area contributed by atoms with Gasteiger partial charge in [0, 0.05) is 10.6 Å². The Labute approximate surface area is 105 Å². The molecule has 1 aromatic heterocycles. The summed E-state index contributed by atoms with van der Waals surface area (Å²) in [7, 11) is 0. The maximum atomic E-state index is 12.2. The van der Waals surface area contributed by atoms with Gasteiger partial charge in [-0.2, -0.15) is 0 Å². The van der Waals surface area contributed by atoms with E-state index in [0.717, 1.165) is 11.3 Å². The molecule has 0 saturated heterocycles. The SMILES string of the molecule is Cc1cc(C(=O)c2ccc(C)c(Cl)c2)c(C)o1. The molecule has 0 aliphatic heterocycles. The van der Waals surface area contributed by atoms with Gasteiger partial charge in [0.1, 0.15) is 11.5 Å². The van der Waals surface area contributed by atoms with Crippen LogP contribution >= 0.6 is 11.6 Å². The van der Waals surface area contributed by atoms with Gasteiger partial charge in [0.25, 0.3) is 0 Å². The number of benzene rings is 1. The second-order valence-corrected chi connectivity index (χ2v) is 4.53. The summed E-state index contributed by atoms with van der Waals surface area (Å²) in [5.41, 5.74) is 2.15. The molecule has 0 bridgehead atoms. The second kappa shape index (κ2) is 4.38. The highest BCUT2D eigenvalue weighted by Crippen LogP contribution is 2.22. The zero-order valence-corrected chi connectivity index (χ0v) is 10.8. The molecule has 3 heteroatoms. The average Bonchev–Trinajstić information content (AvgIpc) is 2.61. The number of furan rings is 1. The summed E-state index contributed by atoms with van der Waals surface area (Å²) in [6, 6.07) is 7.08. The molecule has 2 aromatic rings. The first-order valence-electron chi connectivity index (χ1n) is 5.37. The number of ketones is 1. The van der Waals surface area contributed by atoms with E-state index in [4.69, 9.17) is 16.0 Å². The number of aryl methyl sites for hydroxylation is 3. The molecular formula is C14H13ClO2. The lowest BCUT2D eigenvalue weighted by atomic mass is 10.0. The van der Waals surface area contributed by atoms with Crippen LogP contribution in [-0.4, -0.2) is 5.78 Å². The van der Waals surface area contributed by atoms with E-state index in [0.29, 0.717) is 21.9 Å². The van der Waals surface area contributed by atoms with Crippen LogP contribution in [0.25, 0.3) is 0 Å². The Balaban J connectivity index is 2.44. The number of rotatable bonds is 2. The van der Waals surface area contributed by atoms with E-state index in [2.05, 4.69) is 0 Å². The number of hydrogen-bond donors (Lipinski definition) is 0. The molecule has 0 aliphatic carbocycles. The average molecular weight is 249 g/mol. The Hall–Kier alpha value is -1.54. The van der Waals surface area contributed by atoms with E-state index in [1.165, 1.54) is 0 Å². The van der Waals surface area contributed by atoms with Crippen molar-refractivity contribution in [3.8, 4) is 0 Å². The van der Waals surface area contributed by atoms with Crippen LogP contribution in [0.5, 0.6) is 0 Å². The molecule has 0 amide bonds. The van der Waals surface area contributed by atoms with Crippen LogP contribution in [0.4, 0.5) is 0 Å². The fourth-order valence-electron chi connectivity index (χ4n) is 1.75. The molecule has 0 fully saturated rings. The fraction of sp³-hybridized carbons (Fsp3) is 0.214. The maximum Gasteiger partial charge on any atom is 0.196 e. The highest BCUT2D eigenvalue weighted by molar-refractivity contribution is 6.31. The first-order valence-corrected chi connectivity index (χ1v) is 5.74.